The summed E-state index contributed by atoms with van der Waals surface area (Å²) in [6, 6.07) is 8.80. The lowest BCUT2D eigenvalue weighted by atomic mass is 9.96. The van der Waals surface area contributed by atoms with Gasteiger partial charge in [0.05, 0.1) is 36.9 Å². The van der Waals surface area contributed by atoms with E-state index in [1.54, 1.807) is 28.0 Å². The Labute approximate surface area is 271 Å². The molecular formula is C34H36ClN7O4. The Hall–Kier alpha value is -4.06. The Morgan fingerprint density at radius 3 is 2.54 bits per heavy atom. The number of halogens is 1. The van der Waals surface area contributed by atoms with Crippen LogP contribution in [0.4, 0.5) is 0 Å². The molecule has 0 radical (unpaired) electrons. The van der Waals surface area contributed by atoms with E-state index < -0.39 is 6.04 Å². The van der Waals surface area contributed by atoms with Crippen molar-refractivity contribution in [3.05, 3.63) is 70.7 Å². The minimum atomic E-state index is -0.560. The van der Waals surface area contributed by atoms with E-state index in [1.807, 2.05) is 31.2 Å². The monoisotopic (exact) mass is 641 g/mol. The molecule has 0 spiro atoms. The third-order valence-corrected chi connectivity index (χ3v) is 9.86. The topological polar surface area (TPSA) is 123 Å². The highest BCUT2D eigenvalue weighted by Crippen LogP contribution is 2.59. The number of amides is 1. The second-order valence-electron chi connectivity index (χ2n) is 13.0. The summed E-state index contributed by atoms with van der Waals surface area (Å²) in [7, 11) is 0. The Balaban J connectivity index is 1.13. The van der Waals surface area contributed by atoms with Gasteiger partial charge in [-0.3, -0.25) is 24.0 Å². The maximum absolute atomic E-state index is 14.0. The van der Waals surface area contributed by atoms with Gasteiger partial charge in [-0.05, 0) is 54.5 Å². The molecule has 1 saturated carbocycles. The summed E-state index contributed by atoms with van der Waals surface area (Å²) in [5.74, 6) is 0.245. The molecule has 0 N–H and O–H groups in total. The predicted molar refractivity (Wildman–Crippen MR) is 171 cm³/mol. The number of hydrogen-bond donors (Lipinski definition) is 0. The Morgan fingerprint density at radius 1 is 1.04 bits per heavy atom. The summed E-state index contributed by atoms with van der Waals surface area (Å²) in [5.41, 5.74) is 4.16. The number of aryl methyl sites for hydroxylation is 1. The number of benzene rings is 1. The summed E-state index contributed by atoms with van der Waals surface area (Å²) in [5, 5.41) is 5.58. The van der Waals surface area contributed by atoms with Gasteiger partial charge in [-0.15, -0.1) is 0 Å². The lowest BCUT2D eigenvalue weighted by Gasteiger charge is -2.28. The molecule has 3 aliphatic rings. The molecule has 46 heavy (non-hydrogen) atoms. The van der Waals surface area contributed by atoms with Gasteiger partial charge in [0.1, 0.15) is 23.2 Å². The van der Waals surface area contributed by atoms with Crippen molar-refractivity contribution in [2.24, 2.45) is 5.41 Å². The number of morpholine rings is 1. The molecule has 2 aliphatic heterocycles. The van der Waals surface area contributed by atoms with Crippen molar-refractivity contribution in [3.63, 3.8) is 0 Å². The molecule has 238 valence electrons. The molecule has 4 aromatic rings. The third kappa shape index (κ3) is 5.83. The Bertz CT molecular complexity index is 1850. The van der Waals surface area contributed by atoms with Crippen molar-refractivity contribution in [2.45, 2.75) is 65.2 Å². The van der Waals surface area contributed by atoms with Crippen LogP contribution in [0.25, 0.3) is 22.0 Å². The van der Waals surface area contributed by atoms with Gasteiger partial charge < -0.3 is 9.64 Å². The number of likely N-dealkylation sites (tertiary alicyclic amines) is 1. The summed E-state index contributed by atoms with van der Waals surface area (Å²) in [6.07, 6.45) is 5.06. The van der Waals surface area contributed by atoms with E-state index in [0.29, 0.717) is 59.4 Å². The molecule has 3 atom stereocenters. The maximum atomic E-state index is 14.0. The summed E-state index contributed by atoms with van der Waals surface area (Å²) < 4.78 is 7.07. The predicted octanol–water partition coefficient (Wildman–Crippen LogP) is 4.08. The molecule has 3 fully saturated rings. The Morgan fingerprint density at radius 2 is 1.80 bits per heavy atom. The van der Waals surface area contributed by atoms with Gasteiger partial charge >= 0.3 is 0 Å². The van der Waals surface area contributed by atoms with Crippen LogP contribution < -0.4 is 0 Å². The SMILES string of the molecule is CC(=O)c1nn(CC(=O)N2[C@H](C(=O)Cc3nc(Cl)ccc3CN3CCOCC3)C[C@@]3(C)C[C@@H]23)c2ccc(-c3cnc(C)nc3)cc12. The van der Waals surface area contributed by atoms with Crippen LogP contribution in [0.1, 0.15) is 54.3 Å². The normalized spacial score (nSPS) is 22.7. The molecule has 1 aliphatic carbocycles. The van der Waals surface area contributed by atoms with E-state index in [9.17, 15) is 14.4 Å². The summed E-state index contributed by atoms with van der Waals surface area (Å²) in [4.78, 5) is 57.8. The van der Waals surface area contributed by atoms with Crippen LogP contribution in [0, 0.1) is 12.3 Å². The smallest absolute Gasteiger partial charge is 0.245 e. The van der Waals surface area contributed by atoms with Gasteiger partial charge in [-0.2, -0.15) is 5.10 Å². The van der Waals surface area contributed by atoms with E-state index >= 15 is 0 Å². The molecule has 1 amide bonds. The van der Waals surface area contributed by atoms with Gasteiger partial charge in [0.2, 0.25) is 5.91 Å². The lowest BCUT2D eigenvalue weighted by Crippen LogP contribution is -2.45. The van der Waals surface area contributed by atoms with Crippen LogP contribution in [0.5, 0.6) is 0 Å². The number of Topliss-reactive ketones (excluding diaryl/α,β-unsaturated/α-hetero) is 2. The van der Waals surface area contributed by atoms with Crippen LogP contribution in [0.2, 0.25) is 5.15 Å². The number of fused-ring (bicyclic) bond motifs is 2. The molecule has 12 heteroatoms. The van der Waals surface area contributed by atoms with Gasteiger partial charge in [0.15, 0.2) is 11.6 Å². The zero-order chi connectivity index (χ0) is 32.2. The van der Waals surface area contributed by atoms with Crippen molar-refractivity contribution >= 4 is 40.0 Å². The summed E-state index contributed by atoms with van der Waals surface area (Å²) >= 11 is 6.29. The van der Waals surface area contributed by atoms with Crippen LogP contribution in [-0.2, 0) is 33.8 Å². The second-order valence-corrected chi connectivity index (χ2v) is 13.4. The minimum absolute atomic E-state index is 0.00339. The molecule has 1 aromatic carbocycles. The number of carbonyl (C=O) groups excluding carboxylic acids is 3. The highest BCUT2D eigenvalue weighted by molar-refractivity contribution is 6.29. The van der Waals surface area contributed by atoms with Crippen molar-refractivity contribution in [1.29, 1.82) is 0 Å². The van der Waals surface area contributed by atoms with Gasteiger partial charge in [0.25, 0.3) is 0 Å². The number of carbonyl (C=O) groups is 3. The van der Waals surface area contributed by atoms with Crippen molar-refractivity contribution in [3.8, 4) is 11.1 Å². The van der Waals surface area contributed by atoms with Crippen molar-refractivity contribution in [1.82, 2.24) is 34.5 Å². The number of nitrogens with zero attached hydrogens (tertiary/aromatic N) is 7. The van der Waals surface area contributed by atoms with E-state index in [-0.39, 0.29) is 41.9 Å². The zero-order valence-electron chi connectivity index (χ0n) is 26.2. The quantitative estimate of drug-likeness (QED) is 0.196. The number of piperidine rings is 1. The standard InChI is InChI=1S/C34H36ClN7O4/c1-20(43)33-25-12-22(24-16-36-21(2)37-17-24)4-6-27(25)41(39-33)19-32(45)42-28(14-34(3)15-30(34)42)29(44)13-26-23(5-7-31(35)38-26)18-40-8-10-46-11-9-40/h4-7,12,16-17,28,30H,8-11,13-15,18-19H2,1-3H3/t28-,30+,34-/m0/s1. The third-order valence-electron chi connectivity index (χ3n) is 9.65. The average molecular weight is 642 g/mol. The van der Waals surface area contributed by atoms with Gasteiger partial charge in [-0.1, -0.05) is 30.7 Å². The number of pyridine rings is 1. The highest BCUT2D eigenvalue weighted by Gasteiger charge is 2.64. The minimum Gasteiger partial charge on any atom is -0.379 e. The molecule has 0 bridgehead atoms. The highest BCUT2D eigenvalue weighted by atomic mass is 35.5. The first-order valence-corrected chi connectivity index (χ1v) is 16.1. The van der Waals surface area contributed by atoms with Gasteiger partial charge in [-0.25, -0.2) is 15.0 Å². The first kappa shape index (κ1) is 30.6. The molecule has 11 nitrogen and oxygen atoms in total. The fourth-order valence-corrected chi connectivity index (χ4v) is 7.15. The molecule has 5 heterocycles. The average Bonchev–Trinajstić information content (AvgIpc) is 3.40. The fraction of sp³-hybridized carbons (Fsp3) is 0.441. The number of aromatic nitrogens is 5. The second kappa shape index (κ2) is 11.9. The van der Waals surface area contributed by atoms with Crippen molar-refractivity contribution in [2.75, 3.05) is 26.3 Å². The number of hydrogen-bond acceptors (Lipinski definition) is 9. The van der Waals surface area contributed by atoms with E-state index in [4.69, 9.17) is 16.3 Å². The first-order chi connectivity index (χ1) is 22.1. The van der Waals surface area contributed by atoms with E-state index in [2.05, 4.69) is 31.9 Å². The maximum Gasteiger partial charge on any atom is 0.245 e. The van der Waals surface area contributed by atoms with Crippen LogP contribution in [0.15, 0.2) is 42.7 Å². The van der Waals surface area contributed by atoms with Gasteiger partial charge in [0, 0.05) is 55.9 Å². The van der Waals surface area contributed by atoms with E-state index in [1.165, 1.54) is 6.92 Å². The molecule has 2 saturated heterocycles. The van der Waals surface area contributed by atoms with Crippen LogP contribution in [-0.4, -0.2) is 90.4 Å². The lowest BCUT2D eigenvalue weighted by molar-refractivity contribution is -0.139. The van der Waals surface area contributed by atoms with Crippen molar-refractivity contribution < 1.29 is 19.1 Å². The molecule has 3 aromatic heterocycles. The summed E-state index contributed by atoms with van der Waals surface area (Å²) in [6.45, 7) is 9.00. The fourth-order valence-electron chi connectivity index (χ4n) is 6.98. The molecule has 0 unspecified atom stereocenters. The zero-order valence-corrected chi connectivity index (χ0v) is 27.0. The number of rotatable bonds is 9. The Kier molecular flexibility index (Phi) is 7.94. The van der Waals surface area contributed by atoms with Crippen LogP contribution in [0.3, 0.4) is 0 Å². The number of ketones is 2. The van der Waals surface area contributed by atoms with Crippen LogP contribution >= 0.6 is 11.6 Å². The van der Waals surface area contributed by atoms with E-state index in [0.717, 1.165) is 36.2 Å². The molecular weight excluding hydrogens is 606 g/mol. The number of ether oxygens (including phenoxy) is 1. The first-order valence-electron chi connectivity index (χ1n) is 15.7. The molecule has 7 rings (SSSR count). The largest absolute Gasteiger partial charge is 0.379 e.